The van der Waals surface area contributed by atoms with E-state index >= 15 is 0 Å². The molecule has 0 saturated carbocycles. The largest absolute Gasteiger partial charge is 0.294 e. The fourth-order valence-corrected chi connectivity index (χ4v) is 1.89. The molecule has 0 atom stereocenters. The van der Waals surface area contributed by atoms with Crippen molar-refractivity contribution in [2.24, 2.45) is 0 Å². The number of aromatic nitrogens is 3. The summed E-state index contributed by atoms with van der Waals surface area (Å²) in [6.45, 7) is 1.54. The Morgan fingerprint density at radius 2 is 2.08 bits per heavy atom. The fourth-order valence-electron chi connectivity index (χ4n) is 1.05. The Balaban J connectivity index is 2.52. The third-order valence-electron chi connectivity index (χ3n) is 1.66. The number of rotatable bonds is 2. The molecule has 66 valence electrons. The van der Waals surface area contributed by atoms with E-state index in [0.29, 0.717) is 5.56 Å². The lowest BCUT2D eigenvalue weighted by atomic mass is 10.2. The molecule has 0 aromatic carbocycles. The zero-order valence-electron chi connectivity index (χ0n) is 6.97. The van der Waals surface area contributed by atoms with Crippen LogP contribution in [0.25, 0.3) is 5.69 Å². The molecule has 4 nitrogen and oxygen atoms in total. The summed E-state index contributed by atoms with van der Waals surface area (Å²) in [6, 6.07) is 0. The number of carbonyl (C=O) groups is 1. The highest BCUT2D eigenvalue weighted by Crippen LogP contribution is 2.18. The van der Waals surface area contributed by atoms with E-state index in [1.807, 2.05) is 5.38 Å². The van der Waals surface area contributed by atoms with Gasteiger partial charge in [-0.25, -0.2) is 0 Å². The van der Waals surface area contributed by atoms with Gasteiger partial charge < -0.3 is 0 Å². The second-order valence-electron chi connectivity index (χ2n) is 2.55. The lowest BCUT2D eigenvalue weighted by Gasteiger charge is -1.97. The number of nitrogens with zero attached hydrogens (tertiary/aromatic N) is 3. The molecule has 0 aliphatic heterocycles. The summed E-state index contributed by atoms with van der Waals surface area (Å²) in [5, 5.41) is 11.6. The average molecular weight is 193 g/mol. The SMILES string of the molecule is CC(=O)c1cscc1-n1nccn1. The lowest BCUT2D eigenvalue weighted by molar-refractivity contribution is 0.101. The van der Waals surface area contributed by atoms with E-state index in [2.05, 4.69) is 10.2 Å². The first-order valence-corrected chi connectivity index (χ1v) is 4.67. The Labute approximate surface area is 78.8 Å². The van der Waals surface area contributed by atoms with Gasteiger partial charge in [-0.05, 0) is 6.92 Å². The zero-order valence-corrected chi connectivity index (χ0v) is 7.78. The van der Waals surface area contributed by atoms with Gasteiger partial charge in [0.25, 0.3) is 0 Å². The molecule has 2 heterocycles. The van der Waals surface area contributed by atoms with E-state index in [-0.39, 0.29) is 5.78 Å². The minimum atomic E-state index is 0.0357. The number of ketones is 1. The minimum Gasteiger partial charge on any atom is -0.294 e. The van der Waals surface area contributed by atoms with Crippen molar-refractivity contribution in [3.05, 3.63) is 28.7 Å². The average Bonchev–Trinajstić information content (AvgIpc) is 2.74. The van der Waals surface area contributed by atoms with E-state index in [0.717, 1.165) is 5.69 Å². The molecule has 0 unspecified atom stereocenters. The van der Waals surface area contributed by atoms with E-state index in [4.69, 9.17) is 0 Å². The molecule has 0 bridgehead atoms. The highest BCUT2D eigenvalue weighted by Gasteiger charge is 2.10. The molecule has 0 amide bonds. The summed E-state index contributed by atoms with van der Waals surface area (Å²) in [4.78, 5) is 12.6. The van der Waals surface area contributed by atoms with Gasteiger partial charge in [0.2, 0.25) is 0 Å². The molecule has 13 heavy (non-hydrogen) atoms. The standard InChI is InChI=1S/C8H7N3OS/c1-6(12)7-4-13-5-8(7)11-9-2-3-10-11/h2-5H,1H3. The molecule has 2 aromatic heterocycles. The third-order valence-corrected chi connectivity index (χ3v) is 2.39. The predicted molar refractivity (Wildman–Crippen MR) is 49.2 cm³/mol. The predicted octanol–water partition coefficient (Wildman–Crippen LogP) is 1.53. The van der Waals surface area contributed by atoms with Gasteiger partial charge in [0.1, 0.15) is 5.69 Å². The monoisotopic (exact) mass is 193 g/mol. The first kappa shape index (κ1) is 8.12. The van der Waals surface area contributed by atoms with Crippen molar-refractivity contribution in [1.29, 1.82) is 0 Å². The molecule has 0 spiro atoms. The van der Waals surface area contributed by atoms with Gasteiger partial charge in [0, 0.05) is 10.8 Å². The molecule has 0 aliphatic carbocycles. The number of hydrogen-bond acceptors (Lipinski definition) is 4. The summed E-state index contributed by atoms with van der Waals surface area (Å²) >= 11 is 1.47. The van der Waals surface area contributed by atoms with Gasteiger partial charge in [-0.1, -0.05) is 0 Å². The normalized spacial score (nSPS) is 10.2. The molecular weight excluding hydrogens is 186 g/mol. The molecule has 2 rings (SSSR count). The van der Waals surface area contributed by atoms with Crippen molar-refractivity contribution >= 4 is 17.1 Å². The van der Waals surface area contributed by atoms with Gasteiger partial charge in [0.15, 0.2) is 5.78 Å². The van der Waals surface area contributed by atoms with Crippen LogP contribution in [0.3, 0.4) is 0 Å². The summed E-state index contributed by atoms with van der Waals surface area (Å²) in [7, 11) is 0. The first-order chi connectivity index (χ1) is 6.29. The fraction of sp³-hybridized carbons (Fsp3) is 0.125. The summed E-state index contributed by atoms with van der Waals surface area (Å²) in [6.07, 6.45) is 3.17. The summed E-state index contributed by atoms with van der Waals surface area (Å²) in [5.74, 6) is 0.0357. The van der Waals surface area contributed by atoms with Crippen LogP contribution in [-0.4, -0.2) is 20.8 Å². The molecule has 0 radical (unpaired) electrons. The molecule has 5 heteroatoms. The van der Waals surface area contributed by atoms with Gasteiger partial charge in [-0.3, -0.25) is 4.79 Å². The van der Waals surface area contributed by atoms with E-state index in [1.54, 1.807) is 17.8 Å². The number of carbonyl (C=O) groups excluding carboxylic acids is 1. The Morgan fingerprint density at radius 1 is 1.38 bits per heavy atom. The highest BCUT2D eigenvalue weighted by molar-refractivity contribution is 7.08. The quantitative estimate of drug-likeness (QED) is 0.679. The molecule has 0 N–H and O–H groups in total. The van der Waals surface area contributed by atoms with E-state index in [9.17, 15) is 4.79 Å². The first-order valence-electron chi connectivity index (χ1n) is 3.73. The van der Waals surface area contributed by atoms with Crippen LogP contribution in [0.2, 0.25) is 0 Å². The molecule has 2 aromatic rings. The van der Waals surface area contributed by atoms with Crippen molar-refractivity contribution < 1.29 is 4.79 Å². The Kier molecular flexibility index (Phi) is 1.94. The molecular formula is C8H7N3OS. The topological polar surface area (TPSA) is 47.8 Å². The minimum absolute atomic E-state index is 0.0357. The molecule has 0 aliphatic rings. The van der Waals surface area contributed by atoms with Crippen LogP contribution in [0.1, 0.15) is 17.3 Å². The second-order valence-corrected chi connectivity index (χ2v) is 3.29. The van der Waals surface area contributed by atoms with Gasteiger partial charge >= 0.3 is 0 Å². The second kappa shape index (κ2) is 3.10. The number of Topliss-reactive ketones (excluding diaryl/α,β-unsaturated/α-hetero) is 1. The van der Waals surface area contributed by atoms with E-state index in [1.165, 1.54) is 23.1 Å². The molecule has 0 fully saturated rings. The van der Waals surface area contributed by atoms with Crippen LogP contribution in [0.5, 0.6) is 0 Å². The van der Waals surface area contributed by atoms with Crippen LogP contribution in [0.4, 0.5) is 0 Å². The van der Waals surface area contributed by atoms with Crippen molar-refractivity contribution in [3.63, 3.8) is 0 Å². The lowest BCUT2D eigenvalue weighted by Crippen LogP contribution is -2.02. The summed E-state index contributed by atoms with van der Waals surface area (Å²) < 4.78 is 0. The Bertz CT molecular complexity index is 418. The molecule has 0 saturated heterocycles. The highest BCUT2D eigenvalue weighted by atomic mass is 32.1. The van der Waals surface area contributed by atoms with Crippen molar-refractivity contribution in [3.8, 4) is 5.69 Å². The Hall–Kier alpha value is -1.49. The van der Waals surface area contributed by atoms with Gasteiger partial charge in [-0.2, -0.15) is 15.0 Å². The maximum Gasteiger partial charge on any atom is 0.162 e. The van der Waals surface area contributed by atoms with Gasteiger partial charge in [-0.15, -0.1) is 11.3 Å². The van der Waals surface area contributed by atoms with Crippen LogP contribution in [0.15, 0.2) is 23.2 Å². The van der Waals surface area contributed by atoms with Crippen LogP contribution in [-0.2, 0) is 0 Å². The number of thiophene rings is 1. The van der Waals surface area contributed by atoms with Crippen LogP contribution < -0.4 is 0 Å². The Morgan fingerprint density at radius 3 is 2.69 bits per heavy atom. The zero-order chi connectivity index (χ0) is 9.26. The van der Waals surface area contributed by atoms with E-state index < -0.39 is 0 Å². The third kappa shape index (κ3) is 1.38. The smallest absolute Gasteiger partial charge is 0.162 e. The van der Waals surface area contributed by atoms with Crippen LogP contribution in [0, 0.1) is 0 Å². The number of hydrogen-bond donors (Lipinski definition) is 0. The maximum absolute atomic E-state index is 11.2. The van der Waals surface area contributed by atoms with Crippen LogP contribution >= 0.6 is 11.3 Å². The maximum atomic E-state index is 11.2. The van der Waals surface area contributed by atoms with Crippen molar-refractivity contribution in [1.82, 2.24) is 15.0 Å². The van der Waals surface area contributed by atoms with Crippen molar-refractivity contribution in [2.45, 2.75) is 6.92 Å². The van der Waals surface area contributed by atoms with Crippen molar-refractivity contribution in [2.75, 3.05) is 0 Å². The summed E-state index contributed by atoms with van der Waals surface area (Å²) in [5.41, 5.74) is 1.42. The van der Waals surface area contributed by atoms with Gasteiger partial charge in [0.05, 0.1) is 18.0 Å².